The molecule has 0 aromatic heterocycles. The minimum Gasteiger partial charge on any atom is -0.478 e. The minimum absolute atomic E-state index is 0.854. The SMILES string of the molecule is CC(C)CCCCCC[C@H]1CCC[C@@H]1CC/C=C/C=C/C(=O)O. The lowest BCUT2D eigenvalue weighted by Crippen LogP contribution is -2.07. The van der Waals surface area contributed by atoms with Gasteiger partial charge < -0.3 is 5.11 Å². The summed E-state index contributed by atoms with van der Waals surface area (Å²) in [6.07, 6.45) is 21.8. The molecule has 0 aromatic rings. The van der Waals surface area contributed by atoms with Crippen molar-refractivity contribution in [3.8, 4) is 0 Å². The second kappa shape index (κ2) is 12.4. The van der Waals surface area contributed by atoms with Crippen LogP contribution in [0.4, 0.5) is 0 Å². The Morgan fingerprint density at radius 3 is 2.43 bits per heavy atom. The lowest BCUT2D eigenvalue weighted by atomic mass is 9.87. The van der Waals surface area contributed by atoms with E-state index >= 15 is 0 Å². The van der Waals surface area contributed by atoms with Crippen molar-refractivity contribution in [3.05, 3.63) is 24.3 Å². The van der Waals surface area contributed by atoms with Gasteiger partial charge in [-0.2, -0.15) is 0 Å². The first-order chi connectivity index (χ1) is 11.1. The molecule has 0 bridgehead atoms. The standard InChI is InChI=1S/C21H36O2/c1-18(2)12-7-3-4-8-13-19-15-11-16-20(19)14-9-5-6-10-17-21(22)23/h5-6,10,17-20H,3-4,7-9,11-16H2,1-2H3,(H,22,23)/b6-5+,17-10+/t19-,20-/m0/s1. The first kappa shape index (κ1) is 20.0. The van der Waals surface area contributed by atoms with E-state index in [1.807, 2.05) is 6.08 Å². The van der Waals surface area contributed by atoms with Crippen molar-refractivity contribution in [1.82, 2.24) is 0 Å². The molecule has 1 aliphatic rings. The molecule has 132 valence electrons. The van der Waals surface area contributed by atoms with E-state index < -0.39 is 5.97 Å². The molecule has 0 spiro atoms. The van der Waals surface area contributed by atoms with Gasteiger partial charge in [0.25, 0.3) is 0 Å². The summed E-state index contributed by atoms with van der Waals surface area (Å²) in [5.41, 5.74) is 0. The summed E-state index contributed by atoms with van der Waals surface area (Å²) in [6, 6.07) is 0. The van der Waals surface area contributed by atoms with Gasteiger partial charge in [0.1, 0.15) is 0 Å². The quantitative estimate of drug-likeness (QED) is 0.257. The highest BCUT2D eigenvalue weighted by atomic mass is 16.4. The number of hydrogen-bond donors (Lipinski definition) is 1. The molecule has 0 radical (unpaired) electrons. The fourth-order valence-corrected chi connectivity index (χ4v) is 3.81. The lowest BCUT2D eigenvalue weighted by molar-refractivity contribution is -0.131. The summed E-state index contributed by atoms with van der Waals surface area (Å²) in [6.45, 7) is 4.63. The Bertz CT molecular complexity index is 368. The summed E-state index contributed by atoms with van der Waals surface area (Å²) in [7, 11) is 0. The average molecular weight is 321 g/mol. The largest absolute Gasteiger partial charge is 0.478 e. The van der Waals surface area contributed by atoms with Gasteiger partial charge in [0.05, 0.1) is 0 Å². The fourth-order valence-electron chi connectivity index (χ4n) is 3.81. The molecule has 0 heterocycles. The normalized spacial score (nSPS) is 21.9. The molecule has 0 aromatic carbocycles. The van der Waals surface area contributed by atoms with E-state index in [0.29, 0.717) is 0 Å². The molecule has 23 heavy (non-hydrogen) atoms. The Morgan fingerprint density at radius 2 is 1.74 bits per heavy atom. The van der Waals surface area contributed by atoms with Crippen molar-refractivity contribution in [2.45, 2.75) is 84.5 Å². The molecule has 1 saturated carbocycles. The number of aliphatic carboxylic acids is 1. The van der Waals surface area contributed by atoms with Gasteiger partial charge in [0.2, 0.25) is 0 Å². The zero-order chi connectivity index (χ0) is 16.9. The summed E-state index contributed by atoms with van der Waals surface area (Å²) in [4.78, 5) is 10.4. The topological polar surface area (TPSA) is 37.3 Å². The molecule has 0 amide bonds. The number of carboxylic acid groups (broad SMARTS) is 1. The average Bonchev–Trinajstić information content (AvgIpc) is 2.93. The molecule has 2 atom stereocenters. The van der Waals surface area contributed by atoms with Crippen molar-refractivity contribution in [3.63, 3.8) is 0 Å². The Kier molecular flexibility index (Phi) is 10.8. The maximum absolute atomic E-state index is 10.4. The van der Waals surface area contributed by atoms with Crippen LogP contribution in [0, 0.1) is 17.8 Å². The van der Waals surface area contributed by atoms with Crippen molar-refractivity contribution >= 4 is 5.97 Å². The van der Waals surface area contributed by atoms with Crippen molar-refractivity contribution in [1.29, 1.82) is 0 Å². The van der Waals surface area contributed by atoms with Crippen LogP contribution in [-0.4, -0.2) is 11.1 Å². The van der Waals surface area contributed by atoms with E-state index in [0.717, 1.165) is 24.2 Å². The van der Waals surface area contributed by atoms with Crippen LogP contribution in [0.15, 0.2) is 24.3 Å². The van der Waals surface area contributed by atoms with Crippen LogP contribution in [0.25, 0.3) is 0 Å². The van der Waals surface area contributed by atoms with Crippen LogP contribution in [0.3, 0.4) is 0 Å². The second-order valence-electron chi connectivity index (χ2n) is 7.54. The predicted octanol–water partition coefficient (Wildman–Crippen LogP) is 6.38. The number of allylic oxidation sites excluding steroid dienone is 3. The van der Waals surface area contributed by atoms with E-state index in [2.05, 4.69) is 19.9 Å². The molecule has 2 nitrogen and oxygen atoms in total. The van der Waals surface area contributed by atoms with Gasteiger partial charge in [-0.1, -0.05) is 89.9 Å². The Morgan fingerprint density at radius 1 is 1.04 bits per heavy atom. The highest BCUT2D eigenvalue weighted by Gasteiger charge is 2.25. The maximum atomic E-state index is 10.4. The molecule has 1 aliphatic carbocycles. The number of carbonyl (C=O) groups is 1. The molecule has 2 heteroatoms. The van der Waals surface area contributed by atoms with Gasteiger partial charge in [-0.15, -0.1) is 0 Å². The monoisotopic (exact) mass is 320 g/mol. The zero-order valence-electron chi connectivity index (χ0n) is 15.2. The molecule has 0 unspecified atom stereocenters. The van der Waals surface area contributed by atoms with E-state index in [1.165, 1.54) is 70.3 Å². The van der Waals surface area contributed by atoms with Crippen LogP contribution in [0.2, 0.25) is 0 Å². The highest BCUT2D eigenvalue weighted by Crippen LogP contribution is 2.38. The third-order valence-corrected chi connectivity index (χ3v) is 5.11. The minimum atomic E-state index is -0.876. The third kappa shape index (κ3) is 10.4. The van der Waals surface area contributed by atoms with Gasteiger partial charge >= 0.3 is 5.97 Å². The summed E-state index contributed by atoms with van der Waals surface area (Å²) in [5, 5.41) is 8.52. The van der Waals surface area contributed by atoms with Gasteiger partial charge in [0.15, 0.2) is 0 Å². The summed E-state index contributed by atoms with van der Waals surface area (Å²) < 4.78 is 0. The van der Waals surface area contributed by atoms with Crippen LogP contribution >= 0.6 is 0 Å². The molecule has 1 fully saturated rings. The Labute approximate surface area is 143 Å². The van der Waals surface area contributed by atoms with Crippen LogP contribution in [-0.2, 0) is 4.79 Å². The summed E-state index contributed by atoms with van der Waals surface area (Å²) in [5.74, 6) is 1.83. The van der Waals surface area contributed by atoms with E-state index in [4.69, 9.17) is 5.11 Å². The van der Waals surface area contributed by atoms with Crippen LogP contribution in [0.5, 0.6) is 0 Å². The van der Waals surface area contributed by atoms with Gasteiger partial charge in [-0.25, -0.2) is 4.79 Å². The van der Waals surface area contributed by atoms with Crippen molar-refractivity contribution < 1.29 is 9.90 Å². The molecule has 1 rings (SSSR count). The number of unbranched alkanes of at least 4 members (excludes halogenated alkanes) is 3. The van der Waals surface area contributed by atoms with Crippen LogP contribution in [0.1, 0.15) is 84.5 Å². The number of carboxylic acids is 1. The Balaban J connectivity index is 2.10. The van der Waals surface area contributed by atoms with E-state index in [9.17, 15) is 4.79 Å². The Hall–Kier alpha value is -1.05. The first-order valence-electron chi connectivity index (χ1n) is 9.65. The lowest BCUT2D eigenvalue weighted by Gasteiger charge is -2.18. The molecular formula is C21H36O2. The van der Waals surface area contributed by atoms with Crippen molar-refractivity contribution in [2.75, 3.05) is 0 Å². The maximum Gasteiger partial charge on any atom is 0.328 e. The predicted molar refractivity (Wildman–Crippen MR) is 98.5 cm³/mol. The third-order valence-electron chi connectivity index (χ3n) is 5.11. The first-order valence-corrected chi connectivity index (χ1v) is 9.65. The van der Waals surface area contributed by atoms with E-state index in [-0.39, 0.29) is 0 Å². The molecule has 0 saturated heterocycles. The van der Waals surface area contributed by atoms with E-state index in [1.54, 1.807) is 6.08 Å². The summed E-state index contributed by atoms with van der Waals surface area (Å²) >= 11 is 0. The van der Waals surface area contributed by atoms with Crippen LogP contribution < -0.4 is 0 Å². The zero-order valence-corrected chi connectivity index (χ0v) is 15.2. The van der Waals surface area contributed by atoms with Gasteiger partial charge in [0, 0.05) is 6.08 Å². The molecular weight excluding hydrogens is 284 g/mol. The number of hydrogen-bond acceptors (Lipinski definition) is 1. The fraction of sp³-hybridized carbons (Fsp3) is 0.762. The second-order valence-corrected chi connectivity index (χ2v) is 7.54. The van der Waals surface area contributed by atoms with Gasteiger partial charge in [-0.3, -0.25) is 0 Å². The molecule has 1 N–H and O–H groups in total. The van der Waals surface area contributed by atoms with Gasteiger partial charge in [-0.05, 0) is 30.6 Å². The van der Waals surface area contributed by atoms with Crippen molar-refractivity contribution in [2.24, 2.45) is 17.8 Å². The number of rotatable bonds is 12. The molecule has 0 aliphatic heterocycles. The smallest absolute Gasteiger partial charge is 0.328 e. The highest BCUT2D eigenvalue weighted by molar-refractivity contribution is 5.80.